The van der Waals surface area contributed by atoms with Crippen LogP contribution in [0.25, 0.3) is 0 Å². The van der Waals surface area contributed by atoms with Gasteiger partial charge in [0, 0.05) is 38.6 Å². The molecular weight excluding hydrogens is 312 g/mol. The topological polar surface area (TPSA) is 32.8 Å². The predicted molar refractivity (Wildman–Crippen MR) is 98.7 cm³/mol. The Bertz CT molecular complexity index is 612. The summed E-state index contributed by atoms with van der Waals surface area (Å²) in [7, 11) is 0. The summed E-state index contributed by atoms with van der Waals surface area (Å²) in [5.41, 5.74) is 2.87. The Morgan fingerprint density at radius 2 is 2.00 bits per heavy atom. The van der Waals surface area contributed by atoms with Gasteiger partial charge in [-0.2, -0.15) is 0 Å². The SMILES string of the molecule is C[C@@H]1CN(C(=O)C[C@H]2CCCc3ccccc32)C[C@@H]1N1CCOCC1. The molecule has 4 nitrogen and oxygen atoms in total. The second kappa shape index (κ2) is 7.46. The zero-order valence-corrected chi connectivity index (χ0v) is 15.3. The van der Waals surface area contributed by atoms with Crippen LogP contribution in [0.3, 0.4) is 0 Å². The quantitative estimate of drug-likeness (QED) is 0.847. The number of nitrogens with zero attached hydrogens (tertiary/aromatic N) is 2. The highest BCUT2D eigenvalue weighted by Gasteiger charge is 2.37. The first-order chi connectivity index (χ1) is 12.2. The Balaban J connectivity index is 1.39. The van der Waals surface area contributed by atoms with Gasteiger partial charge in [0.1, 0.15) is 0 Å². The fraction of sp³-hybridized carbons (Fsp3) is 0.667. The minimum Gasteiger partial charge on any atom is -0.379 e. The second-order valence-corrected chi connectivity index (χ2v) is 7.98. The lowest BCUT2D eigenvalue weighted by Gasteiger charge is -2.34. The molecule has 0 N–H and O–H groups in total. The summed E-state index contributed by atoms with van der Waals surface area (Å²) in [6.07, 6.45) is 4.21. The third-order valence-corrected chi connectivity index (χ3v) is 6.35. The van der Waals surface area contributed by atoms with Crippen molar-refractivity contribution in [3.05, 3.63) is 35.4 Å². The van der Waals surface area contributed by atoms with Gasteiger partial charge in [0.05, 0.1) is 13.2 Å². The van der Waals surface area contributed by atoms with Gasteiger partial charge < -0.3 is 9.64 Å². The van der Waals surface area contributed by atoms with Crippen LogP contribution < -0.4 is 0 Å². The molecule has 2 heterocycles. The molecule has 0 unspecified atom stereocenters. The van der Waals surface area contributed by atoms with Crippen LogP contribution >= 0.6 is 0 Å². The van der Waals surface area contributed by atoms with Gasteiger partial charge >= 0.3 is 0 Å². The average molecular weight is 342 g/mol. The van der Waals surface area contributed by atoms with Gasteiger partial charge in [-0.3, -0.25) is 9.69 Å². The zero-order chi connectivity index (χ0) is 17.2. The van der Waals surface area contributed by atoms with E-state index in [0.29, 0.717) is 30.2 Å². The van der Waals surface area contributed by atoms with Crippen molar-refractivity contribution in [2.24, 2.45) is 5.92 Å². The van der Waals surface area contributed by atoms with E-state index in [9.17, 15) is 4.79 Å². The number of likely N-dealkylation sites (tertiary alicyclic amines) is 1. The number of ether oxygens (including phenoxy) is 1. The monoisotopic (exact) mass is 342 g/mol. The van der Waals surface area contributed by atoms with E-state index in [1.165, 1.54) is 24.0 Å². The summed E-state index contributed by atoms with van der Waals surface area (Å²) in [4.78, 5) is 17.6. The van der Waals surface area contributed by atoms with Crippen LogP contribution in [-0.4, -0.2) is 61.1 Å². The van der Waals surface area contributed by atoms with Gasteiger partial charge in [-0.05, 0) is 42.2 Å². The van der Waals surface area contributed by atoms with Crippen molar-refractivity contribution in [2.75, 3.05) is 39.4 Å². The Hall–Kier alpha value is -1.39. The molecule has 0 saturated carbocycles. The molecule has 0 spiro atoms. The fourth-order valence-electron chi connectivity index (χ4n) is 4.94. The van der Waals surface area contributed by atoms with Gasteiger partial charge in [0.15, 0.2) is 0 Å². The molecule has 1 amide bonds. The number of hydrogen-bond donors (Lipinski definition) is 0. The van der Waals surface area contributed by atoms with E-state index in [2.05, 4.69) is 41.0 Å². The Labute approximate surface area is 151 Å². The molecular formula is C21H30N2O2. The van der Waals surface area contributed by atoms with Gasteiger partial charge in [-0.25, -0.2) is 0 Å². The molecule has 4 heteroatoms. The summed E-state index contributed by atoms with van der Waals surface area (Å²) < 4.78 is 5.48. The van der Waals surface area contributed by atoms with Crippen LogP contribution in [-0.2, 0) is 16.0 Å². The van der Waals surface area contributed by atoms with Crippen molar-refractivity contribution in [1.82, 2.24) is 9.80 Å². The summed E-state index contributed by atoms with van der Waals surface area (Å²) >= 11 is 0. The number of rotatable bonds is 3. The second-order valence-electron chi connectivity index (χ2n) is 7.98. The summed E-state index contributed by atoms with van der Waals surface area (Å²) in [5, 5.41) is 0. The van der Waals surface area contributed by atoms with Crippen molar-refractivity contribution >= 4 is 5.91 Å². The molecule has 0 aromatic heterocycles. The number of aryl methyl sites for hydroxylation is 1. The zero-order valence-electron chi connectivity index (χ0n) is 15.3. The van der Waals surface area contributed by atoms with E-state index >= 15 is 0 Å². The van der Waals surface area contributed by atoms with Crippen molar-refractivity contribution < 1.29 is 9.53 Å². The lowest BCUT2D eigenvalue weighted by atomic mass is 9.81. The molecule has 0 radical (unpaired) electrons. The minimum absolute atomic E-state index is 0.351. The first-order valence-electron chi connectivity index (χ1n) is 9.90. The summed E-state index contributed by atoms with van der Waals surface area (Å²) in [6, 6.07) is 9.21. The maximum Gasteiger partial charge on any atom is 0.223 e. The number of morpholine rings is 1. The van der Waals surface area contributed by atoms with E-state index in [-0.39, 0.29) is 0 Å². The molecule has 3 atom stereocenters. The number of carbonyl (C=O) groups is 1. The average Bonchev–Trinajstić information content (AvgIpc) is 3.05. The first kappa shape index (κ1) is 17.0. The lowest BCUT2D eigenvalue weighted by Crippen LogP contribution is -2.47. The van der Waals surface area contributed by atoms with Crippen LogP contribution in [0, 0.1) is 5.92 Å². The molecule has 1 aliphatic carbocycles. The smallest absolute Gasteiger partial charge is 0.223 e. The molecule has 136 valence electrons. The van der Waals surface area contributed by atoms with Crippen LogP contribution in [0.1, 0.15) is 43.2 Å². The van der Waals surface area contributed by atoms with E-state index in [4.69, 9.17) is 4.74 Å². The van der Waals surface area contributed by atoms with Crippen LogP contribution in [0.2, 0.25) is 0 Å². The Morgan fingerprint density at radius 3 is 2.84 bits per heavy atom. The highest BCUT2D eigenvalue weighted by molar-refractivity contribution is 5.77. The molecule has 3 aliphatic rings. The van der Waals surface area contributed by atoms with E-state index in [1.54, 1.807) is 0 Å². The maximum atomic E-state index is 13.0. The van der Waals surface area contributed by atoms with Crippen LogP contribution in [0.5, 0.6) is 0 Å². The number of hydrogen-bond acceptors (Lipinski definition) is 3. The van der Waals surface area contributed by atoms with Gasteiger partial charge in [0.2, 0.25) is 5.91 Å². The third-order valence-electron chi connectivity index (χ3n) is 6.35. The normalized spacial score (nSPS) is 30.3. The molecule has 25 heavy (non-hydrogen) atoms. The maximum absolute atomic E-state index is 13.0. The van der Waals surface area contributed by atoms with Gasteiger partial charge in [-0.15, -0.1) is 0 Å². The number of carbonyl (C=O) groups excluding carboxylic acids is 1. The van der Waals surface area contributed by atoms with Gasteiger partial charge in [-0.1, -0.05) is 31.2 Å². The van der Waals surface area contributed by atoms with Crippen molar-refractivity contribution in [2.45, 2.75) is 44.6 Å². The number of amides is 1. The molecule has 2 fully saturated rings. The van der Waals surface area contributed by atoms with Crippen molar-refractivity contribution in [1.29, 1.82) is 0 Å². The van der Waals surface area contributed by atoms with Crippen LogP contribution in [0.15, 0.2) is 24.3 Å². The lowest BCUT2D eigenvalue weighted by molar-refractivity contribution is -0.131. The van der Waals surface area contributed by atoms with Crippen molar-refractivity contribution in [3.8, 4) is 0 Å². The Morgan fingerprint density at radius 1 is 1.20 bits per heavy atom. The highest BCUT2D eigenvalue weighted by Crippen LogP contribution is 2.35. The molecule has 1 aromatic carbocycles. The molecule has 0 bridgehead atoms. The molecule has 1 aromatic rings. The fourth-order valence-corrected chi connectivity index (χ4v) is 4.94. The summed E-state index contributed by atoms with van der Waals surface area (Å²) in [5.74, 6) is 1.32. The minimum atomic E-state index is 0.351. The Kier molecular flexibility index (Phi) is 5.09. The molecule has 2 aliphatic heterocycles. The van der Waals surface area contributed by atoms with Crippen molar-refractivity contribution in [3.63, 3.8) is 0 Å². The van der Waals surface area contributed by atoms with E-state index in [1.807, 2.05) is 0 Å². The van der Waals surface area contributed by atoms with E-state index in [0.717, 1.165) is 45.8 Å². The van der Waals surface area contributed by atoms with Gasteiger partial charge in [0.25, 0.3) is 0 Å². The number of fused-ring (bicyclic) bond motifs is 1. The first-order valence-corrected chi connectivity index (χ1v) is 9.90. The number of benzene rings is 1. The third kappa shape index (κ3) is 3.61. The van der Waals surface area contributed by atoms with Crippen LogP contribution in [0.4, 0.5) is 0 Å². The molecule has 2 saturated heterocycles. The molecule has 4 rings (SSSR count). The van der Waals surface area contributed by atoms with E-state index < -0.39 is 0 Å². The standard InChI is InChI=1S/C21H30N2O2/c1-16-14-23(15-20(16)22-9-11-25-12-10-22)21(24)13-18-7-4-6-17-5-2-3-8-19(17)18/h2-3,5,8,16,18,20H,4,6-7,9-15H2,1H3/t16-,18-,20+/m1/s1. The largest absolute Gasteiger partial charge is 0.379 e. The highest BCUT2D eigenvalue weighted by atomic mass is 16.5. The predicted octanol–water partition coefficient (Wildman–Crippen LogP) is 2.68. The summed E-state index contributed by atoms with van der Waals surface area (Å²) in [6.45, 7) is 7.78.